The molecule has 2 aromatic heterocycles. The molecule has 4 aromatic rings. The second-order valence-electron chi connectivity index (χ2n) is 9.43. The molecule has 11 heteroatoms. The molecule has 8 nitrogen and oxygen atoms in total. The number of nitrogens with zero attached hydrogens (tertiary/aromatic N) is 5. The van der Waals surface area contributed by atoms with Crippen LogP contribution < -0.4 is 10.5 Å². The lowest BCUT2D eigenvalue weighted by Gasteiger charge is -2.44. The van der Waals surface area contributed by atoms with Crippen molar-refractivity contribution in [2.45, 2.75) is 12.1 Å². The molecule has 1 atom stereocenters. The fraction of sp³-hybridized carbons (Fsp3) is 0.241. The number of rotatable bonds is 5. The molecule has 1 saturated heterocycles. The highest BCUT2D eigenvalue weighted by atomic mass is 79.9. The minimum absolute atomic E-state index is 0.128. The molecule has 0 N–H and O–H groups in total. The molecule has 0 bridgehead atoms. The summed E-state index contributed by atoms with van der Waals surface area (Å²) < 4.78 is 34.6. The van der Waals surface area contributed by atoms with Gasteiger partial charge in [0.25, 0.3) is 5.56 Å². The zero-order valence-corrected chi connectivity index (χ0v) is 23.2. The molecule has 204 valence electrons. The molecule has 0 radical (unpaired) electrons. The summed E-state index contributed by atoms with van der Waals surface area (Å²) >= 11 is 3.38. The number of anilines is 1. The first-order valence-corrected chi connectivity index (χ1v) is 13.2. The van der Waals surface area contributed by atoms with Crippen molar-refractivity contribution in [3.05, 3.63) is 104 Å². The summed E-state index contributed by atoms with van der Waals surface area (Å²) in [5.41, 5.74) is 2.04. The number of aromatic nitrogens is 2. The summed E-state index contributed by atoms with van der Waals surface area (Å²) in [4.78, 5) is 34.7. The highest BCUT2D eigenvalue weighted by Crippen LogP contribution is 2.35. The summed E-state index contributed by atoms with van der Waals surface area (Å²) in [6.45, 7) is 0.772. The van der Waals surface area contributed by atoms with E-state index in [2.05, 4.69) is 20.9 Å². The first-order chi connectivity index (χ1) is 19.2. The van der Waals surface area contributed by atoms with Gasteiger partial charge in [-0.25, -0.2) is 18.6 Å². The number of pyridine rings is 2. The maximum absolute atomic E-state index is 13.8. The Kier molecular flexibility index (Phi) is 7.65. The average Bonchev–Trinajstić information content (AvgIpc) is 2.96. The number of aryl methyl sites for hydroxylation is 1. The number of nitriles is 1. The van der Waals surface area contributed by atoms with Crippen molar-refractivity contribution in [1.82, 2.24) is 14.5 Å². The van der Waals surface area contributed by atoms with E-state index in [9.17, 15) is 23.6 Å². The van der Waals surface area contributed by atoms with E-state index >= 15 is 0 Å². The van der Waals surface area contributed by atoms with Gasteiger partial charge in [-0.15, -0.1) is 0 Å². The van der Waals surface area contributed by atoms with Crippen molar-refractivity contribution >= 4 is 38.6 Å². The van der Waals surface area contributed by atoms with Crippen molar-refractivity contribution < 1.29 is 18.3 Å². The van der Waals surface area contributed by atoms with E-state index in [1.165, 1.54) is 35.9 Å². The number of benzene rings is 2. The molecule has 5 rings (SSSR count). The second kappa shape index (κ2) is 11.2. The maximum Gasteiger partial charge on any atom is 0.329 e. The van der Waals surface area contributed by atoms with Crippen LogP contribution in [0.15, 0.2) is 70.1 Å². The minimum atomic E-state index is -0.912. The van der Waals surface area contributed by atoms with Crippen molar-refractivity contribution in [3.63, 3.8) is 0 Å². The number of ether oxygens (including phenoxy) is 1. The van der Waals surface area contributed by atoms with Crippen molar-refractivity contribution in [2.24, 2.45) is 7.05 Å². The quantitative estimate of drug-likeness (QED) is 0.247. The molecule has 1 aliphatic heterocycles. The molecule has 3 heterocycles. The lowest BCUT2D eigenvalue weighted by molar-refractivity contribution is -0.143. The number of carbonyl (C=O) groups is 1. The second-order valence-corrected chi connectivity index (χ2v) is 10.2. The summed E-state index contributed by atoms with van der Waals surface area (Å²) in [6.07, 6.45) is 0. The van der Waals surface area contributed by atoms with Crippen LogP contribution in [0.5, 0.6) is 0 Å². The highest BCUT2D eigenvalue weighted by molar-refractivity contribution is 9.10. The predicted molar refractivity (Wildman–Crippen MR) is 149 cm³/mol. The molecule has 0 aliphatic carbocycles. The Morgan fingerprint density at radius 1 is 1.05 bits per heavy atom. The number of methoxy groups -OCH3 is 1. The van der Waals surface area contributed by atoms with Crippen LogP contribution in [0.25, 0.3) is 11.0 Å². The third-order valence-electron chi connectivity index (χ3n) is 7.20. The molecule has 40 heavy (non-hydrogen) atoms. The topological polar surface area (TPSA) is 91.5 Å². The summed E-state index contributed by atoms with van der Waals surface area (Å²) in [5.74, 6) is -1.34. The number of hydrogen-bond acceptors (Lipinski definition) is 7. The Hall–Kier alpha value is -4.14. The van der Waals surface area contributed by atoms with Crippen LogP contribution in [0, 0.1) is 23.0 Å². The zero-order valence-electron chi connectivity index (χ0n) is 21.6. The number of fused-ring (bicyclic) bond motifs is 1. The van der Waals surface area contributed by atoms with Gasteiger partial charge in [0, 0.05) is 26.7 Å². The van der Waals surface area contributed by atoms with Crippen LogP contribution >= 0.6 is 15.9 Å². The molecule has 0 amide bonds. The lowest BCUT2D eigenvalue weighted by atomic mass is 9.95. The number of piperazine rings is 1. The molecular weight excluding hydrogens is 584 g/mol. The molecule has 2 aromatic carbocycles. The van der Waals surface area contributed by atoms with Gasteiger partial charge >= 0.3 is 5.97 Å². The molecule has 0 spiro atoms. The van der Waals surface area contributed by atoms with Crippen LogP contribution in [0.3, 0.4) is 0 Å². The van der Waals surface area contributed by atoms with E-state index in [4.69, 9.17) is 4.74 Å². The Morgan fingerprint density at radius 2 is 1.65 bits per heavy atom. The third kappa shape index (κ3) is 4.96. The fourth-order valence-corrected chi connectivity index (χ4v) is 5.61. The number of esters is 1. The normalized spacial score (nSPS) is 15.8. The molecule has 1 aliphatic rings. The van der Waals surface area contributed by atoms with Crippen LogP contribution in [0.4, 0.5) is 14.5 Å². The van der Waals surface area contributed by atoms with Crippen LogP contribution in [0.2, 0.25) is 0 Å². The first-order valence-electron chi connectivity index (χ1n) is 12.4. The van der Waals surface area contributed by atoms with E-state index in [0.29, 0.717) is 22.2 Å². The van der Waals surface area contributed by atoms with E-state index in [1.807, 2.05) is 11.0 Å². The molecule has 1 fully saturated rings. The van der Waals surface area contributed by atoms with E-state index in [1.54, 1.807) is 48.3 Å². The van der Waals surface area contributed by atoms with Crippen LogP contribution in [-0.4, -0.2) is 53.2 Å². The Balaban J connectivity index is 1.63. The Morgan fingerprint density at radius 3 is 2.20 bits per heavy atom. The van der Waals surface area contributed by atoms with Gasteiger partial charge in [-0.2, -0.15) is 5.26 Å². The maximum atomic E-state index is 13.8. The van der Waals surface area contributed by atoms with Crippen molar-refractivity contribution in [1.29, 1.82) is 5.26 Å². The standard InChI is InChI=1S/C29H24BrF2N5O3/c1-35-22-11-12-24(30)34-25(22)27(21(15-33)28(35)38)37-14-13-36(16-23(37)29(39)40-2)26(17-3-7-19(31)8-4-17)18-5-9-20(32)10-6-18/h3-12,23,26H,13-14,16H2,1-2H3. The highest BCUT2D eigenvalue weighted by Gasteiger charge is 2.39. The van der Waals surface area contributed by atoms with Gasteiger partial charge in [-0.3, -0.25) is 9.69 Å². The Bertz CT molecular complexity index is 1640. The lowest BCUT2D eigenvalue weighted by Crippen LogP contribution is -2.58. The van der Waals surface area contributed by atoms with Gasteiger partial charge < -0.3 is 14.2 Å². The van der Waals surface area contributed by atoms with Gasteiger partial charge in [0.1, 0.15) is 39.4 Å². The van der Waals surface area contributed by atoms with Crippen molar-refractivity contribution in [2.75, 3.05) is 31.6 Å². The molecular formula is C29H24BrF2N5O3. The van der Waals surface area contributed by atoms with Gasteiger partial charge in [0.15, 0.2) is 0 Å². The molecule has 1 unspecified atom stereocenters. The summed E-state index contributed by atoms with van der Waals surface area (Å²) in [5, 5.41) is 10.0. The van der Waals surface area contributed by atoms with Gasteiger partial charge in [0.2, 0.25) is 0 Å². The molecule has 0 saturated carbocycles. The predicted octanol–water partition coefficient (Wildman–Crippen LogP) is 4.30. The largest absolute Gasteiger partial charge is 0.467 e. The summed E-state index contributed by atoms with van der Waals surface area (Å²) in [7, 11) is 2.84. The number of carbonyl (C=O) groups excluding carboxylic acids is 1. The third-order valence-corrected chi connectivity index (χ3v) is 7.64. The zero-order chi connectivity index (χ0) is 28.6. The fourth-order valence-electron chi connectivity index (χ4n) is 5.30. The van der Waals surface area contributed by atoms with E-state index < -0.39 is 23.6 Å². The smallest absolute Gasteiger partial charge is 0.329 e. The van der Waals surface area contributed by atoms with E-state index in [0.717, 1.165) is 11.1 Å². The number of hydrogen-bond donors (Lipinski definition) is 0. The average molecular weight is 608 g/mol. The Labute approximate surface area is 237 Å². The summed E-state index contributed by atoms with van der Waals surface area (Å²) in [6, 6.07) is 16.2. The van der Waals surface area contributed by atoms with E-state index in [-0.39, 0.29) is 36.0 Å². The monoisotopic (exact) mass is 607 g/mol. The van der Waals surface area contributed by atoms with Crippen LogP contribution in [0.1, 0.15) is 22.7 Å². The van der Waals surface area contributed by atoms with Gasteiger partial charge in [-0.1, -0.05) is 24.3 Å². The first kappa shape index (κ1) is 27.4. The van der Waals surface area contributed by atoms with Crippen LogP contribution in [-0.2, 0) is 16.6 Å². The van der Waals surface area contributed by atoms with Gasteiger partial charge in [-0.05, 0) is 63.5 Å². The SMILES string of the molecule is COC(=O)C1CN(C(c2ccc(F)cc2)c2ccc(F)cc2)CCN1c1c(C#N)c(=O)n(C)c2ccc(Br)nc12. The van der Waals surface area contributed by atoms with Crippen molar-refractivity contribution in [3.8, 4) is 6.07 Å². The number of halogens is 3. The minimum Gasteiger partial charge on any atom is -0.467 e. The van der Waals surface area contributed by atoms with Gasteiger partial charge in [0.05, 0.1) is 24.4 Å².